The van der Waals surface area contributed by atoms with Gasteiger partial charge < -0.3 is 19.8 Å². The highest BCUT2D eigenvalue weighted by atomic mass is 16.5. The molecule has 2 aliphatic rings. The summed E-state index contributed by atoms with van der Waals surface area (Å²) in [5.41, 5.74) is 1.78. The standard InChI is InChI=1S/C26H35N5O3/c1-16(2)34-24-13-21-19(14-31(30-21)20-7-5-4-6-8-20)12-22(24)28-25(32)23-15-33-26(29-23)18-9-10-27-17(3)11-18/h12-18,20,27H,4-11H2,1-3H3,(H,28,32). The highest BCUT2D eigenvalue weighted by molar-refractivity contribution is 6.04. The van der Waals surface area contributed by atoms with Crippen LogP contribution in [0.15, 0.2) is 29.0 Å². The van der Waals surface area contributed by atoms with E-state index in [2.05, 4.69) is 33.4 Å². The van der Waals surface area contributed by atoms with Crippen molar-refractivity contribution >= 4 is 22.5 Å². The molecule has 8 heteroatoms. The first-order valence-corrected chi connectivity index (χ1v) is 12.7. The molecule has 1 saturated heterocycles. The van der Waals surface area contributed by atoms with Gasteiger partial charge in [0.1, 0.15) is 12.0 Å². The van der Waals surface area contributed by atoms with Crippen LogP contribution in [0.1, 0.15) is 94.1 Å². The highest BCUT2D eigenvalue weighted by Crippen LogP contribution is 2.34. The van der Waals surface area contributed by atoms with Crippen molar-refractivity contribution < 1.29 is 13.9 Å². The summed E-state index contributed by atoms with van der Waals surface area (Å²) >= 11 is 0. The third-order valence-corrected chi connectivity index (χ3v) is 6.91. The Balaban J connectivity index is 1.38. The van der Waals surface area contributed by atoms with Gasteiger partial charge in [0.2, 0.25) is 0 Å². The van der Waals surface area contributed by atoms with Crippen LogP contribution in [0.2, 0.25) is 0 Å². The quantitative estimate of drug-likeness (QED) is 0.504. The SMILES string of the molecule is CC1CC(c2nc(C(=O)Nc3cc4cn(C5CCCCC5)nc4cc3OC(C)C)co2)CCN1. The fraction of sp³-hybridized carbons (Fsp3) is 0.577. The van der Waals surface area contributed by atoms with Crippen LogP contribution in [0.25, 0.3) is 10.9 Å². The fourth-order valence-electron chi connectivity index (χ4n) is 5.18. The molecule has 1 amide bonds. The predicted octanol–water partition coefficient (Wildman–Crippen LogP) is 5.42. The second-order valence-electron chi connectivity index (χ2n) is 10.1. The second kappa shape index (κ2) is 9.78. The summed E-state index contributed by atoms with van der Waals surface area (Å²) in [4.78, 5) is 17.6. The molecule has 3 heterocycles. The van der Waals surface area contributed by atoms with Gasteiger partial charge >= 0.3 is 0 Å². The largest absolute Gasteiger partial charge is 0.489 e. The minimum atomic E-state index is -0.301. The van der Waals surface area contributed by atoms with Gasteiger partial charge in [0.15, 0.2) is 11.6 Å². The summed E-state index contributed by atoms with van der Waals surface area (Å²) in [7, 11) is 0. The van der Waals surface area contributed by atoms with E-state index in [1.807, 2.05) is 26.0 Å². The summed E-state index contributed by atoms with van der Waals surface area (Å²) in [6.07, 6.45) is 11.6. The van der Waals surface area contributed by atoms with Gasteiger partial charge in [-0.2, -0.15) is 5.10 Å². The zero-order valence-corrected chi connectivity index (χ0v) is 20.3. The molecule has 0 bridgehead atoms. The van der Waals surface area contributed by atoms with Crippen LogP contribution in [0.3, 0.4) is 0 Å². The molecule has 182 valence electrons. The molecule has 2 unspecified atom stereocenters. The van der Waals surface area contributed by atoms with Crippen molar-refractivity contribution in [1.82, 2.24) is 20.1 Å². The summed E-state index contributed by atoms with van der Waals surface area (Å²) in [6.45, 7) is 7.03. The van der Waals surface area contributed by atoms with Crippen molar-refractivity contribution in [3.05, 3.63) is 36.2 Å². The van der Waals surface area contributed by atoms with Gasteiger partial charge in [0.05, 0.1) is 23.3 Å². The lowest BCUT2D eigenvalue weighted by Crippen LogP contribution is -2.35. The number of hydrogen-bond acceptors (Lipinski definition) is 6. The fourth-order valence-corrected chi connectivity index (χ4v) is 5.18. The molecule has 3 aromatic rings. The van der Waals surface area contributed by atoms with Crippen LogP contribution in [0.4, 0.5) is 5.69 Å². The summed E-state index contributed by atoms with van der Waals surface area (Å²) in [5, 5.41) is 12.3. The molecule has 0 spiro atoms. The first kappa shape index (κ1) is 22.9. The zero-order valence-electron chi connectivity index (χ0n) is 20.3. The topological polar surface area (TPSA) is 94.2 Å². The Morgan fingerprint density at radius 2 is 2.06 bits per heavy atom. The summed E-state index contributed by atoms with van der Waals surface area (Å²) in [6, 6.07) is 4.74. The minimum Gasteiger partial charge on any atom is -0.489 e. The minimum absolute atomic E-state index is 0.0333. The van der Waals surface area contributed by atoms with E-state index >= 15 is 0 Å². The van der Waals surface area contributed by atoms with Crippen molar-refractivity contribution in [2.24, 2.45) is 0 Å². The van der Waals surface area contributed by atoms with Crippen LogP contribution in [-0.4, -0.2) is 39.4 Å². The molecule has 0 radical (unpaired) electrons. The molecule has 8 nitrogen and oxygen atoms in total. The van der Waals surface area contributed by atoms with Crippen LogP contribution in [0, 0.1) is 0 Å². The number of piperidine rings is 1. The van der Waals surface area contributed by atoms with Gasteiger partial charge in [0, 0.05) is 29.6 Å². The molecule has 34 heavy (non-hydrogen) atoms. The predicted molar refractivity (Wildman–Crippen MR) is 132 cm³/mol. The molecule has 1 aromatic carbocycles. The summed E-state index contributed by atoms with van der Waals surface area (Å²) in [5.74, 6) is 1.19. The molecular weight excluding hydrogens is 430 g/mol. The Hall–Kier alpha value is -2.87. The number of oxazole rings is 1. The normalized spacial score (nSPS) is 21.8. The van der Waals surface area contributed by atoms with Crippen LogP contribution >= 0.6 is 0 Å². The smallest absolute Gasteiger partial charge is 0.277 e. The van der Waals surface area contributed by atoms with E-state index in [9.17, 15) is 4.79 Å². The average Bonchev–Trinajstić information content (AvgIpc) is 3.47. The van der Waals surface area contributed by atoms with Gasteiger partial charge in [0.25, 0.3) is 5.91 Å². The highest BCUT2D eigenvalue weighted by Gasteiger charge is 2.26. The number of carbonyl (C=O) groups is 1. The molecule has 2 N–H and O–H groups in total. The summed E-state index contributed by atoms with van der Waals surface area (Å²) < 4.78 is 13.8. The Kier molecular flexibility index (Phi) is 6.59. The van der Waals surface area contributed by atoms with E-state index in [0.29, 0.717) is 29.4 Å². The molecule has 1 saturated carbocycles. The van der Waals surface area contributed by atoms with Crippen molar-refractivity contribution in [1.29, 1.82) is 0 Å². The number of benzene rings is 1. The van der Waals surface area contributed by atoms with E-state index in [0.717, 1.165) is 43.1 Å². The van der Waals surface area contributed by atoms with Gasteiger partial charge in [-0.15, -0.1) is 0 Å². The van der Waals surface area contributed by atoms with Crippen LogP contribution in [0.5, 0.6) is 5.75 Å². The number of nitrogens with one attached hydrogen (secondary N) is 2. The molecular formula is C26H35N5O3. The van der Waals surface area contributed by atoms with Gasteiger partial charge in [-0.3, -0.25) is 9.48 Å². The number of nitrogens with zero attached hydrogens (tertiary/aromatic N) is 3. The van der Waals surface area contributed by atoms with E-state index < -0.39 is 0 Å². The zero-order chi connectivity index (χ0) is 23.7. The molecule has 1 aliphatic heterocycles. The number of rotatable bonds is 6. The number of anilines is 1. The van der Waals surface area contributed by atoms with Crippen molar-refractivity contribution in [2.45, 2.75) is 89.8 Å². The maximum Gasteiger partial charge on any atom is 0.277 e. The molecule has 1 aliphatic carbocycles. The van der Waals surface area contributed by atoms with Gasteiger partial charge in [-0.25, -0.2) is 4.98 Å². The third-order valence-electron chi connectivity index (χ3n) is 6.91. The lowest BCUT2D eigenvalue weighted by Gasteiger charge is -2.25. The molecule has 2 atom stereocenters. The molecule has 2 fully saturated rings. The number of hydrogen-bond donors (Lipinski definition) is 2. The first-order valence-electron chi connectivity index (χ1n) is 12.7. The van der Waals surface area contributed by atoms with Crippen LogP contribution in [-0.2, 0) is 0 Å². The number of fused-ring (bicyclic) bond motifs is 1. The lowest BCUT2D eigenvalue weighted by molar-refractivity contribution is 0.102. The van der Waals surface area contributed by atoms with E-state index in [-0.39, 0.29) is 23.6 Å². The number of aromatic nitrogens is 3. The van der Waals surface area contributed by atoms with Gasteiger partial charge in [-0.1, -0.05) is 19.3 Å². The van der Waals surface area contributed by atoms with Crippen LogP contribution < -0.4 is 15.4 Å². The maximum atomic E-state index is 13.1. The van der Waals surface area contributed by atoms with Gasteiger partial charge in [-0.05, 0) is 59.1 Å². The Labute approximate surface area is 200 Å². The average molecular weight is 466 g/mol. The molecule has 2 aromatic heterocycles. The van der Waals surface area contributed by atoms with E-state index in [1.165, 1.54) is 25.5 Å². The van der Waals surface area contributed by atoms with Crippen molar-refractivity contribution in [3.63, 3.8) is 0 Å². The Morgan fingerprint density at radius 1 is 1.24 bits per heavy atom. The Bertz CT molecular complexity index is 1140. The number of carbonyl (C=O) groups excluding carboxylic acids is 1. The van der Waals surface area contributed by atoms with E-state index in [4.69, 9.17) is 14.3 Å². The van der Waals surface area contributed by atoms with Crippen molar-refractivity contribution in [2.75, 3.05) is 11.9 Å². The first-order chi connectivity index (χ1) is 16.5. The molecule has 5 rings (SSSR count). The van der Waals surface area contributed by atoms with E-state index in [1.54, 1.807) is 0 Å². The third kappa shape index (κ3) is 4.97. The monoisotopic (exact) mass is 465 g/mol. The van der Waals surface area contributed by atoms with Crippen molar-refractivity contribution in [3.8, 4) is 5.75 Å². The second-order valence-corrected chi connectivity index (χ2v) is 10.1. The number of ether oxygens (including phenoxy) is 1. The number of amides is 1. The Morgan fingerprint density at radius 3 is 2.82 bits per heavy atom. The lowest BCUT2D eigenvalue weighted by atomic mass is 9.93. The maximum absolute atomic E-state index is 13.1.